The summed E-state index contributed by atoms with van der Waals surface area (Å²) in [6.45, 7) is 5.03. The fraction of sp³-hybridized carbons (Fsp3) is 0.440. The zero-order valence-electron chi connectivity index (χ0n) is 19.4. The molecular weight excluding hydrogens is 438 g/mol. The number of likely N-dealkylation sites (tertiary alicyclic amines) is 1. The van der Waals surface area contributed by atoms with Gasteiger partial charge in [-0.05, 0) is 50.3 Å². The Labute approximate surface area is 196 Å². The van der Waals surface area contributed by atoms with Crippen LogP contribution in [0.25, 0.3) is 21.9 Å². The van der Waals surface area contributed by atoms with E-state index in [1.807, 2.05) is 19.9 Å². The van der Waals surface area contributed by atoms with E-state index in [0.29, 0.717) is 42.7 Å². The van der Waals surface area contributed by atoms with Gasteiger partial charge in [-0.3, -0.25) is 14.4 Å². The van der Waals surface area contributed by atoms with Crippen LogP contribution in [0.1, 0.15) is 42.4 Å². The summed E-state index contributed by atoms with van der Waals surface area (Å²) >= 11 is 0. The molecule has 1 aliphatic rings. The van der Waals surface area contributed by atoms with Crippen LogP contribution < -0.4 is 16.7 Å². The monoisotopic (exact) mass is 467 g/mol. The van der Waals surface area contributed by atoms with E-state index in [4.69, 9.17) is 14.6 Å². The Hall–Kier alpha value is -3.62. The Morgan fingerprint density at radius 1 is 1.09 bits per heavy atom. The number of aryl methyl sites for hydroxylation is 2. The second kappa shape index (κ2) is 9.70. The Morgan fingerprint density at radius 3 is 2.53 bits per heavy atom. The molecule has 2 aromatic heterocycles. The molecule has 3 aromatic rings. The van der Waals surface area contributed by atoms with Crippen LogP contribution in [0.5, 0.6) is 0 Å². The fourth-order valence-electron chi connectivity index (χ4n) is 4.53. The molecule has 0 radical (unpaired) electrons. The maximum atomic E-state index is 12.5. The Balaban J connectivity index is 1.31. The number of primary amides is 1. The lowest BCUT2D eigenvalue weighted by Crippen LogP contribution is -2.42. The van der Waals surface area contributed by atoms with E-state index >= 15 is 0 Å². The minimum Gasteiger partial charge on any atom is -0.464 e. The number of carbonyl (C=O) groups excluding carboxylic acids is 3. The van der Waals surface area contributed by atoms with Gasteiger partial charge in [0.1, 0.15) is 11.2 Å². The first-order chi connectivity index (χ1) is 16.2. The Kier molecular flexibility index (Phi) is 6.72. The molecular formula is C25H29N3O6. The van der Waals surface area contributed by atoms with Gasteiger partial charge >= 0.3 is 5.63 Å². The normalized spacial score (nSPS) is 14.6. The molecule has 1 fully saturated rings. The molecule has 0 unspecified atom stereocenters. The highest BCUT2D eigenvalue weighted by atomic mass is 16.4. The molecule has 4 rings (SSSR count). The van der Waals surface area contributed by atoms with Crippen LogP contribution >= 0.6 is 0 Å². The molecule has 34 heavy (non-hydrogen) atoms. The number of rotatable bonds is 7. The lowest BCUT2D eigenvalue weighted by atomic mass is 9.96. The summed E-state index contributed by atoms with van der Waals surface area (Å²) in [6, 6.07) is 3.67. The van der Waals surface area contributed by atoms with E-state index < -0.39 is 5.63 Å². The number of hydrogen-bond acceptors (Lipinski definition) is 6. The average Bonchev–Trinajstić information content (AvgIpc) is 3.17. The molecule has 3 N–H and O–H groups in total. The summed E-state index contributed by atoms with van der Waals surface area (Å²) in [6.07, 6.45) is 3.36. The van der Waals surface area contributed by atoms with Crippen LogP contribution in [0.3, 0.4) is 0 Å². The molecule has 180 valence electrons. The number of furan rings is 1. The maximum absolute atomic E-state index is 12.5. The van der Waals surface area contributed by atoms with Gasteiger partial charge in [0, 0.05) is 60.8 Å². The second-order valence-corrected chi connectivity index (χ2v) is 8.91. The molecule has 1 aromatic carbocycles. The van der Waals surface area contributed by atoms with Crippen molar-refractivity contribution in [3.05, 3.63) is 45.5 Å². The number of hydrogen-bond donors (Lipinski definition) is 2. The van der Waals surface area contributed by atoms with Gasteiger partial charge in [0.25, 0.3) is 0 Å². The Morgan fingerprint density at radius 2 is 1.82 bits per heavy atom. The van der Waals surface area contributed by atoms with Crippen LogP contribution in [0, 0.1) is 19.8 Å². The summed E-state index contributed by atoms with van der Waals surface area (Å²) in [5.41, 5.74) is 8.23. The van der Waals surface area contributed by atoms with Crippen molar-refractivity contribution in [1.29, 1.82) is 0 Å². The molecule has 1 saturated heterocycles. The van der Waals surface area contributed by atoms with Gasteiger partial charge in [-0.1, -0.05) is 0 Å². The first-order valence-electron chi connectivity index (χ1n) is 11.5. The van der Waals surface area contributed by atoms with E-state index in [1.165, 1.54) is 0 Å². The third-order valence-corrected chi connectivity index (χ3v) is 6.69. The van der Waals surface area contributed by atoms with Gasteiger partial charge in [0.15, 0.2) is 0 Å². The number of piperidine rings is 1. The van der Waals surface area contributed by atoms with Crippen molar-refractivity contribution in [2.45, 2.75) is 46.0 Å². The topological polar surface area (TPSA) is 136 Å². The smallest absolute Gasteiger partial charge is 0.339 e. The van der Waals surface area contributed by atoms with Crippen molar-refractivity contribution < 1.29 is 23.2 Å². The average molecular weight is 468 g/mol. The fourth-order valence-corrected chi connectivity index (χ4v) is 4.53. The van der Waals surface area contributed by atoms with E-state index in [1.54, 1.807) is 17.2 Å². The molecule has 0 saturated carbocycles. The molecule has 9 nitrogen and oxygen atoms in total. The van der Waals surface area contributed by atoms with Gasteiger partial charge in [-0.2, -0.15) is 0 Å². The third kappa shape index (κ3) is 4.83. The number of nitrogens with zero attached hydrogens (tertiary/aromatic N) is 1. The van der Waals surface area contributed by atoms with Crippen LogP contribution in [-0.2, 0) is 20.8 Å². The number of carbonyl (C=O) groups is 3. The number of nitrogens with one attached hydrogen (secondary N) is 1. The number of benzene rings is 1. The van der Waals surface area contributed by atoms with Crippen molar-refractivity contribution in [2.24, 2.45) is 11.7 Å². The number of amides is 3. The van der Waals surface area contributed by atoms with E-state index in [9.17, 15) is 19.2 Å². The Bertz CT molecular complexity index is 1310. The zero-order chi connectivity index (χ0) is 24.4. The largest absolute Gasteiger partial charge is 0.464 e. The molecule has 3 amide bonds. The minimum atomic E-state index is -0.463. The lowest BCUT2D eigenvalue weighted by Gasteiger charge is -2.30. The quantitative estimate of drug-likeness (QED) is 0.512. The van der Waals surface area contributed by atoms with E-state index in [0.717, 1.165) is 21.9 Å². The van der Waals surface area contributed by atoms with Crippen molar-refractivity contribution in [2.75, 3.05) is 19.6 Å². The molecule has 0 atom stereocenters. The highest BCUT2D eigenvalue weighted by Crippen LogP contribution is 2.29. The van der Waals surface area contributed by atoms with Crippen molar-refractivity contribution in [3.8, 4) is 0 Å². The summed E-state index contributed by atoms with van der Waals surface area (Å²) in [5, 5.41) is 4.52. The summed E-state index contributed by atoms with van der Waals surface area (Å²) in [7, 11) is 0. The minimum absolute atomic E-state index is 0.0601. The van der Waals surface area contributed by atoms with Crippen LogP contribution in [0.15, 0.2) is 32.0 Å². The summed E-state index contributed by atoms with van der Waals surface area (Å²) < 4.78 is 11.0. The van der Waals surface area contributed by atoms with Crippen LogP contribution in [0.4, 0.5) is 0 Å². The number of nitrogens with two attached hydrogens (primary N) is 1. The maximum Gasteiger partial charge on any atom is 0.339 e. The molecule has 0 aliphatic carbocycles. The SMILES string of the molecule is Cc1coc2cc3oc(=O)c(CCC(=O)NCCC(=O)N4CCC(C(N)=O)CC4)c(C)c3cc12. The molecule has 0 spiro atoms. The number of fused-ring (bicyclic) bond motifs is 2. The standard InChI is InChI=1S/C25H29N3O6/c1-14-13-33-20-12-21-19(11-18(14)20)15(2)17(25(32)34-21)3-4-22(29)27-8-5-23(30)28-9-6-16(7-10-28)24(26)31/h11-13,16H,3-10H2,1-2H3,(H2,26,31)(H,27,29). The second-order valence-electron chi connectivity index (χ2n) is 8.91. The molecule has 0 bridgehead atoms. The molecule has 3 heterocycles. The van der Waals surface area contributed by atoms with Crippen LogP contribution in [-0.4, -0.2) is 42.3 Å². The summed E-state index contributed by atoms with van der Waals surface area (Å²) in [4.78, 5) is 50.2. The van der Waals surface area contributed by atoms with E-state index in [2.05, 4.69) is 5.32 Å². The highest BCUT2D eigenvalue weighted by Gasteiger charge is 2.25. The van der Waals surface area contributed by atoms with E-state index in [-0.39, 0.29) is 49.4 Å². The van der Waals surface area contributed by atoms with Crippen molar-refractivity contribution >= 4 is 39.7 Å². The molecule has 1 aliphatic heterocycles. The molecule has 9 heteroatoms. The van der Waals surface area contributed by atoms with Crippen molar-refractivity contribution in [1.82, 2.24) is 10.2 Å². The summed E-state index contributed by atoms with van der Waals surface area (Å²) in [5.74, 6) is -0.787. The lowest BCUT2D eigenvalue weighted by molar-refractivity contribution is -0.134. The predicted molar refractivity (Wildman–Crippen MR) is 126 cm³/mol. The highest BCUT2D eigenvalue weighted by molar-refractivity contribution is 5.96. The first-order valence-corrected chi connectivity index (χ1v) is 11.5. The first kappa shape index (κ1) is 23.5. The predicted octanol–water partition coefficient (Wildman–Crippen LogP) is 2.32. The van der Waals surface area contributed by atoms with Gasteiger partial charge in [-0.25, -0.2) is 4.79 Å². The van der Waals surface area contributed by atoms with Gasteiger partial charge < -0.3 is 24.8 Å². The van der Waals surface area contributed by atoms with Crippen molar-refractivity contribution in [3.63, 3.8) is 0 Å². The van der Waals surface area contributed by atoms with Gasteiger partial charge in [0.2, 0.25) is 17.7 Å². The van der Waals surface area contributed by atoms with Gasteiger partial charge in [-0.15, -0.1) is 0 Å². The third-order valence-electron chi connectivity index (χ3n) is 6.69. The zero-order valence-corrected chi connectivity index (χ0v) is 19.4. The van der Waals surface area contributed by atoms with Crippen LogP contribution in [0.2, 0.25) is 0 Å². The van der Waals surface area contributed by atoms with Gasteiger partial charge in [0.05, 0.1) is 6.26 Å².